The smallest absolute Gasteiger partial charge is 0.335 e. The van der Waals surface area contributed by atoms with E-state index >= 15 is 0 Å². The highest BCUT2D eigenvalue weighted by Crippen LogP contribution is 2.42. The second-order valence-corrected chi connectivity index (χ2v) is 7.33. The van der Waals surface area contributed by atoms with Gasteiger partial charge in [-0.1, -0.05) is 30.3 Å². The van der Waals surface area contributed by atoms with Crippen molar-refractivity contribution in [2.24, 2.45) is 0 Å². The number of carbonyl (C=O) groups is 1. The molecule has 0 saturated carbocycles. The Morgan fingerprint density at radius 1 is 1.03 bits per heavy atom. The normalized spacial score (nSPS) is 25.0. The van der Waals surface area contributed by atoms with E-state index in [4.69, 9.17) is 18.6 Å². The number of fused-ring (bicyclic) bond motifs is 1. The second kappa shape index (κ2) is 8.71. The van der Waals surface area contributed by atoms with Crippen molar-refractivity contribution in [3.8, 4) is 28.6 Å². The minimum atomic E-state index is -1.91. The number of benzene rings is 2. The van der Waals surface area contributed by atoms with Gasteiger partial charge < -0.3 is 44.2 Å². The predicted molar refractivity (Wildman–Crippen MR) is 111 cm³/mol. The standard InChI is InChI=1S/C22H20O11/c1-30-18-13(32-22-17(27)15(25)16(26)20(33-22)21(28)29)8-11(24)14-10(23)7-12(31-19(14)18)9-5-3-2-4-6-9/h2-8,15-17,20,22,24-27H,1H3,(H,28,29)/t15-,16+,17+,20+,22-/m1/s1. The number of phenols is 1. The summed E-state index contributed by atoms with van der Waals surface area (Å²) in [6, 6.07) is 10.9. The Morgan fingerprint density at radius 2 is 1.73 bits per heavy atom. The largest absolute Gasteiger partial charge is 0.507 e. The van der Waals surface area contributed by atoms with Gasteiger partial charge in [0, 0.05) is 17.7 Å². The van der Waals surface area contributed by atoms with E-state index < -0.39 is 47.9 Å². The van der Waals surface area contributed by atoms with Crippen molar-refractivity contribution in [1.82, 2.24) is 0 Å². The SMILES string of the molecule is COc1c(O[C@@H]2O[C@H](C(=O)O)[C@@H](O)[C@@H](O)[C@@H]2O)cc(O)c2c(=O)cc(-c3ccccc3)oc12. The Kier molecular flexibility index (Phi) is 5.95. The van der Waals surface area contributed by atoms with Gasteiger partial charge in [-0.05, 0) is 0 Å². The lowest BCUT2D eigenvalue weighted by molar-refractivity contribution is -0.271. The van der Waals surface area contributed by atoms with Gasteiger partial charge in [-0.3, -0.25) is 4.79 Å². The van der Waals surface area contributed by atoms with Crippen molar-refractivity contribution in [3.05, 3.63) is 52.7 Å². The molecule has 0 spiro atoms. The highest BCUT2D eigenvalue weighted by molar-refractivity contribution is 5.91. The quantitative estimate of drug-likeness (QED) is 0.357. The van der Waals surface area contributed by atoms with Crippen LogP contribution in [0.1, 0.15) is 0 Å². The Bertz CT molecular complexity index is 1240. The summed E-state index contributed by atoms with van der Waals surface area (Å²) >= 11 is 0. The molecule has 11 nitrogen and oxygen atoms in total. The van der Waals surface area contributed by atoms with E-state index in [0.717, 1.165) is 6.07 Å². The number of phenolic OH excluding ortho intramolecular Hbond substituents is 1. The Hall–Kier alpha value is -3.64. The van der Waals surface area contributed by atoms with Gasteiger partial charge >= 0.3 is 5.97 Å². The average molecular weight is 460 g/mol. The summed E-state index contributed by atoms with van der Waals surface area (Å²) in [4.78, 5) is 24.0. The molecule has 0 aliphatic carbocycles. The Balaban J connectivity index is 1.81. The molecule has 2 heterocycles. The fourth-order valence-electron chi connectivity index (χ4n) is 3.57. The second-order valence-electron chi connectivity index (χ2n) is 7.33. The number of hydrogen-bond donors (Lipinski definition) is 5. The molecule has 1 aliphatic heterocycles. The van der Waals surface area contributed by atoms with Crippen LogP contribution in [-0.4, -0.2) is 69.3 Å². The van der Waals surface area contributed by atoms with Gasteiger partial charge in [-0.15, -0.1) is 0 Å². The van der Waals surface area contributed by atoms with Gasteiger partial charge in [0.2, 0.25) is 12.0 Å². The molecular formula is C22H20O11. The molecule has 4 rings (SSSR count). The molecule has 0 radical (unpaired) electrons. The fraction of sp³-hybridized carbons (Fsp3) is 0.273. The van der Waals surface area contributed by atoms with Crippen LogP contribution < -0.4 is 14.9 Å². The van der Waals surface area contributed by atoms with Crippen molar-refractivity contribution < 1.29 is 49.0 Å². The molecule has 1 aliphatic rings. The maximum atomic E-state index is 12.7. The molecule has 5 N–H and O–H groups in total. The summed E-state index contributed by atoms with van der Waals surface area (Å²) in [7, 11) is 1.24. The van der Waals surface area contributed by atoms with Crippen LogP contribution in [0, 0.1) is 0 Å². The van der Waals surface area contributed by atoms with Crippen LogP contribution >= 0.6 is 0 Å². The lowest BCUT2D eigenvalue weighted by atomic mass is 9.99. The Labute approximate surface area is 185 Å². The average Bonchev–Trinajstić information content (AvgIpc) is 2.79. The number of aromatic hydroxyl groups is 1. The third-order valence-corrected chi connectivity index (χ3v) is 5.22. The number of aliphatic carboxylic acids is 1. The molecule has 1 aromatic heterocycles. The number of carboxylic acids is 1. The molecule has 33 heavy (non-hydrogen) atoms. The van der Waals surface area contributed by atoms with Gasteiger partial charge in [0.25, 0.3) is 0 Å². The number of aliphatic hydroxyl groups excluding tert-OH is 3. The maximum Gasteiger partial charge on any atom is 0.335 e. The summed E-state index contributed by atoms with van der Waals surface area (Å²) in [5.74, 6) is -2.36. The topological polar surface area (TPSA) is 176 Å². The van der Waals surface area contributed by atoms with E-state index in [9.17, 15) is 35.1 Å². The molecule has 0 unspecified atom stereocenters. The van der Waals surface area contributed by atoms with E-state index in [2.05, 4.69) is 0 Å². The van der Waals surface area contributed by atoms with Gasteiger partial charge in [0.05, 0.1) is 7.11 Å². The molecular weight excluding hydrogens is 440 g/mol. The van der Waals surface area contributed by atoms with Gasteiger partial charge in [0.1, 0.15) is 35.2 Å². The first-order chi connectivity index (χ1) is 15.7. The first-order valence-electron chi connectivity index (χ1n) is 9.75. The molecule has 1 fully saturated rings. The summed E-state index contributed by atoms with van der Waals surface area (Å²) in [6.07, 6.45) is -9.31. The zero-order valence-electron chi connectivity index (χ0n) is 17.1. The van der Waals surface area contributed by atoms with Crippen molar-refractivity contribution in [1.29, 1.82) is 0 Å². The van der Waals surface area contributed by atoms with E-state index in [0.29, 0.717) is 5.56 Å². The summed E-state index contributed by atoms with van der Waals surface area (Å²) < 4.78 is 21.8. The number of methoxy groups -OCH3 is 1. The van der Waals surface area contributed by atoms with Gasteiger partial charge in [-0.25, -0.2) is 4.79 Å². The number of rotatable bonds is 5. The van der Waals surface area contributed by atoms with Crippen LogP contribution in [-0.2, 0) is 9.53 Å². The predicted octanol–water partition coefficient (Wildman–Crippen LogP) is 0.445. The Morgan fingerprint density at radius 3 is 2.36 bits per heavy atom. The lowest BCUT2D eigenvalue weighted by Gasteiger charge is -2.38. The minimum Gasteiger partial charge on any atom is -0.507 e. The van der Waals surface area contributed by atoms with Crippen molar-refractivity contribution in [2.75, 3.05) is 7.11 Å². The molecule has 174 valence electrons. The number of aliphatic hydroxyl groups is 3. The first-order valence-corrected chi connectivity index (χ1v) is 9.75. The zero-order chi connectivity index (χ0) is 23.9. The van der Waals surface area contributed by atoms with Crippen LogP contribution in [0.3, 0.4) is 0 Å². The van der Waals surface area contributed by atoms with E-state index in [-0.39, 0.29) is 28.2 Å². The van der Waals surface area contributed by atoms with Crippen molar-refractivity contribution >= 4 is 16.9 Å². The van der Waals surface area contributed by atoms with Crippen LogP contribution in [0.25, 0.3) is 22.3 Å². The fourth-order valence-corrected chi connectivity index (χ4v) is 3.57. The van der Waals surface area contributed by atoms with Gasteiger partial charge in [0.15, 0.2) is 22.9 Å². The summed E-state index contributed by atoms with van der Waals surface area (Å²) in [6.45, 7) is 0. The van der Waals surface area contributed by atoms with Crippen LogP contribution in [0.4, 0.5) is 0 Å². The maximum absolute atomic E-state index is 12.7. The van der Waals surface area contributed by atoms with Crippen molar-refractivity contribution in [2.45, 2.75) is 30.7 Å². The first kappa shape index (κ1) is 22.6. The van der Waals surface area contributed by atoms with Crippen LogP contribution in [0.15, 0.2) is 51.7 Å². The molecule has 11 heteroatoms. The molecule has 5 atom stereocenters. The third-order valence-electron chi connectivity index (χ3n) is 5.22. The molecule has 1 saturated heterocycles. The highest BCUT2D eigenvalue weighted by Gasteiger charge is 2.48. The van der Waals surface area contributed by atoms with E-state index in [1.54, 1.807) is 30.3 Å². The van der Waals surface area contributed by atoms with Crippen LogP contribution in [0.5, 0.6) is 17.2 Å². The molecule has 0 amide bonds. The summed E-state index contributed by atoms with van der Waals surface area (Å²) in [5, 5.41) is 49.5. The number of hydrogen-bond acceptors (Lipinski definition) is 10. The van der Waals surface area contributed by atoms with E-state index in [1.807, 2.05) is 0 Å². The molecule has 3 aromatic rings. The zero-order valence-corrected chi connectivity index (χ0v) is 17.1. The lowest BCUT2D eigenvalue weighted by Crippen LogP contribution is -2.61. The van der Waals surface area contributed by atoms with E-state index in [1.165, 1.54) is 13.2 Å². The molecule has 0 bridgehead atoms. The highest BCUT2D eigenvalue weighted by atomic mass is 16.7. The number of carboxylic acid groups (broad SMARTS) is 1. The van der Waals surface area contributed by atoms with Crippen LogP contribution in [0.2, 0.25) is 0 Å². The minimum absolute atomic E-state index is 0.152. The summed E-state index contributed by atoms with van der Waals surface area (Å²) in [5.41, 5.74) is -0.146. The van der Waals surface area contributed by atoms with Gasteiger partial charge in [-0.2, -0.15) is 0 Å². The molecule has 2 aromatic carbocycles. The monoisotopic (exact) mass is 460 g/mol. The third kappa shape index (κ3) is 3.98. The number of ether oxygens (including phenoxy) is 3. The van der Waals surface area contributed by atoms with Crippen molar-refractivity contribution in [3.63, 3.8) is 0 Å².